The van der Waals surface area contributed by atoms with Gasteiger partial charge in [0, 0.05) is 17.6 Å². The normalized spacial score (nSPS) is 25.3. The van der Waals surface area contributed by atoms with Crippen molar-refractivity contribution < 1.29 is 9.47 Å². The van der Waals surface area contributed by atoms with Crippen LogP contribution in [-0.4, -0.2) is 31.4 Å². The molecule has 1 saturated carbocycles. The van der Waals surface area contributed by atoms with Crippen LogP contribution in [0.3, 0.4) is 0 Å². The fourth-order valence-corrected chi connectivity index (χ4v) is 2.93. The summed E-state index contributed by atoms with van der Waals surface area (Å²) in [5.41, 5.74) is 2.12. The minimum Gasteiger partial charge on any atom is -0.491 e. The van der Waals surface area contributed by atoms with Gasteiger partial charge in [-0.3, -0.25) is 0 Å². The average Bonchev–Trinajstić information content (AvgIpc) is 3.18. The van der Waals surface area contributed by atoms with Crippen LogP contribution in [0.25, 0.3) is 0 Å². The Bertz CT molecular complexity index is 479. The molecule has 2 atom stereocenters. The van der Waals surface area contributed by atoms with Crippen molar-refractivity contribution in [3.05, 3.63) is 28.3 Å². The van der Waals surface area contributed by atoms with Crippen LogP contribution in [0.1, 0.15) is 36.8 Å². The zero-order valence-corrected chi connectivity index (χ0v) is 13.6. The smallest absolute Gasteiger partial charge is 0.120 e. The third-order valence-electron chi connectivity index (χ3n) is 4.25. The molecule has 2 fully saturated rings. The van der Waals surface area contributed by atoms with E-state index in [9.17, 15) is 0 Å². The Kier molecular flexibility index (Phi) is 4.72. The SMILES string of the molecule is Cc1cc(OCC2CCC(CNC3CC3)O2)cc(C)c1Cl. The minimum absolute atomic E-state index is 0.215. The predicted octanol–water partition coefficient (Wildman–Crippen LogP) is 3.64. The highest BCUT2D eigenvalue weighted by Crippen LogP contribution is 2.27. The number of nitrogens with one attached hydrogen (secondary N) is 1. The van der Waals surface area contributed by atoms with E-state index in [0.717, 1.165) is 47.3 Å². The molecule has 3 rings (SSSR count). The highest BCUT2D eigenvalue weighted by molar-refractivity contribution is 6.32. The number of benzene rings is 1. The van der Waals surface area contributed by atoms with Crippen molar-refractivity contribution in [3.8, 4) is 5.75 Å². The first kappa shape index (κ1) is 15.1. The molecule has 2 aliphatic rings. The number of halogens is 1. The van der Waals surface area contributed by atoms with Gasteiger partial charge in [-0.05, 0) is 62.8 Å². The van der Waals surface area contributed by atoms with Crippen LogP contribution in [0.4, 0.5) is 0 Å². The molecule has 116 valence electrons. The summed E-state index contributed by atoms with van der Waals surface area (Å²) in [6, 6.07) is 4.75. The maximum Gasteiger partial charge on any atom is 0.120 e. The van der Waals surface area contributed by atoms with Gasteiger partial charge in [-0.15, -0.1) is 0 Å². The summed E-state index contributed by atoms with van der Waals surface area (Å²) < 4.78 is 11.9. The summed E-state index contributed by atoms with van der Waals surface area (Å²) in [6.45, 7) is 5.63. The van der Waals surface area contributed by atoms with E-state index in [4.69, 9.17) is 21.1 Å². The Morgan fingerprint density at radius 1 is 1.14 bits per heavy atom. The van der Waals surface area contributed by atoms with Crippen LogP contribution >= 0.6 is 11.6 Å². The van der Waals surface area contributed by atoms with Gasteiger partial charge in [-0.25, -0.2) is 0 Å². The monoisotopic (exact) mass is 309 g/mol. The lowest BCUT2D eigenvalue weighted by Gasteiger charge is -2.16. The van der Waals surface area contributed by atoms with Crippen molar-refractivity contribution in [1.82, 2.24) is 5.32 Å². The molecule has 1 heterocycles. The van der Waals surface area contributed by atoms with Gasteiger partial charge in [-0.2, -0.15) is 0 Å². The Labute approximate surface area is 132 Å². The van der Waals surface area contributed by atoms with Crippen LogP contribution in [0.5, 0.6) is 5.75 Å². The highest BCUT2D eigenvalue weighted by Gasteiger charge is 2.28. The average molecular weight is 310 g/mol. The van der Waals surface area contributed by atoms with E-state index in [1.807, 2.05) is 26.0 Å². The van der Waals surface area contributed by atoms with Crippen molar-refractivity contribution in [3.63, 3.8) is 0 Å². The van der Waals surface area contributed by atoms with E-state index >= 15 is 0 Å². The topological polar surface area (TPSA) is 30.5 Å². The third kappa shape index (κ3) is 4.12. The molecule has 0 aromatic heterocycles. The molecule has 1 aliphatic heterocycles. The van der Waals surface area contributed by atoms with E-state index in [1.54, 1.807) is 0 Å². The standard InChI is InChI=1S/C17H24ClNO2/c1-11-7-16(8-12(2)17(11)18)20-10-15-6-5-14(21-15)9-19-13-3-4-13/h7-8,13-15,19H,3-6,9-10H2,1-2H3. The molecule has 1 aromatic rings. The van der Waals surface area contributed by atoms with Crippen LogP contribution in [0.15, 0.2) is 12.1 Å². The lowest BCUT2D eigenvalue weighted by molar-refractivity contribution is 0.0184. The lowest BCUT2D eigenvalue weighted by atomic mass is 10.1. The molecule has 21 heavy (non-hydrogen) atoms. The largest absolute Gasteiger partial charge is 0.491 e. The van der Waals surface area contributed by atoms with Gasteiger partial charge in [0.1, 0.15) is 12.4 Å². The number of aryl methyl sites for hydroxylation is 2. The second-order valence-corrected chi connectivity index (χ2v) is 6.70. The third-order valence-corrected chi connectivity index (χ3v) is 4.85. The summed E-state index contributed by atoms with van der Waals surface area (Å²) in [4.78, 5) is 0. The summed E-state index contributed by atoms with van der Waals surface area (Å²) in [6.07, 6.45) is 5.44. The van der Waals surface area contributed by atoms with Crippen molar-refractivity contribution in [1.29, 1.82) is 0 Å². The van der Waals surface area contributed by atoms with Gasteiger partial charge >= 0.3 is 0 Å². The minimum atomic E-state index is 0.215. The van der Waals surface area contributed by atoms with Crippen LogP contribution in [-0.2, 0) is 4.74 Å². The van der Waals surface area contributed by atoms with Crippen LogP contribution < -0.4 is 10.1 Å². The maximum absolute atomic E-state index is 6.17. The maximum atomic E-state index is 6.17. The van der Waals surface area contributed by atoms with Crippen molar-refractivity contribution in [2.24, 2.45) is 0 Å². The van der Waals surface area contributed by atoms with Gasteiger partial charge in [0.05, 0.1) is 12.2 Å². The lowest BCUT2D eigenvalue weighted by Crippen LogP contribution is -2.29. The van der Waals surface area contributed by atoms with Gasteiger partial charge in [0.15, 0.2) is 0 Å². The van der Waals surface area contributed by atoms with Crippen LogP contribution in [0, 0.1) is 13.8 Å². The summed E-state index contributed by atoms with van der Waals surface area (Å²) >= 11 is 6.17. The Morgan fingerprint density at radius 3 is 2.48 bits per heavy atom. The number of hydrogen-bond donors (Lipinski definition) is 1. The van der Waals surface area contributed by atoms with Gasteiger partial charge < -0.3 is 14.8 Å². The molecule has 0 bridgehead atoms. The molecule has 1 saturated heterocycles. The molecule has 0 amide bonds. The second-order valence-electron chi connectivity index (χ2n) is 6.32. The van der Waals surface area contributed by atoms with Crippen molar-refractivity contribution >= 4 is 11.6 Å². The van der Waals surface area contributed by atoms with E-state index in [2.05, 4.69) is 5.32 Å². The molecular formula is C17H24ClNO2. The first-order valence-corrected chi connectivity index (χ1v) is 8.28. The number of ether oxygens (including phenoxy) is 2. The molecule has 2 unspecified atom stereocenters. The number of rotatable bonds is 6. The Morgan fingerprint density at radius 2 is 1.81 bits per heavy atom. The van der Waals surface area contributed by atoms with E-state index in [0.29, 0.717) is 12.7 Å². The molecule has 4 heteroatoms. The molecule has 1 aromatic carbocycles. The van der Waals surface area contributed by atoms with Gasteiger partial charge in [0.25, 0.3) is 0 Å². The first-order valence-electron chi connectivity index (χ1n) is 7.90. The first-order chi connectivity index (χ1) is 10.1. The van der Waals surface area contributed by atoms with E-state index in [-0.39, 0.29) is 6.10 Å². The Balaban J connectivity index is 1.45. The molecule has 3 nitrogen and oxygen atoms in total. The van der Waals surface area contributed by atoms with E-state index < -0.39 is 0 Å². The highest BCUT2D eigenvalue weighted by atomic mass is 35.5. The zero-order valence-electron chi connectivity index (χ0n) is 12.8. The summed E-state index contributed by atoms with van der Waals surface area (Å²) in [7, 11) is 0. The fourth-order valence-electron chi connectivity index (χ4n) is 2.82. The van der Waals surface area contributed by atoms with E-state index in [1.165, 1.54) is 12.8 Å². The molecule has 0 spiro atoms. The molecule has 1 N–H and O–H groups in total. The molecular weight excluding hydrogens is 286 g/mol. The Hall–Kier alpha value is -0.770. The van der Waals surface area contributed by atoms with Crippen molar-refractivity contribution in [2.45, 2.75) is 57.8 Å². The quantitative estimate of drug-likeness (QED) is 0.870. The molecule has 0 radical (unpaired) electrons. The fraction of sp³-hybridized carbons (Fsp3) is 0.647. The second kappa shape index (κ2) is 6.55. The molecule has 1 aliphatic carbocycles. The zero-order chi connectivity index (χ0) is 14.8. The number of hydrogen-bond acceptors (Lipinski definition) is 3. The van der Waals surface area contributed by atoms with Gasteiger partial charge in [0.2, 0.25) is 0 Å². The van der Waals surface area contributed by atoms with Gasteiger partial charge in [-0.1, -0.05) is 11.6 Å². The van der Waals surface area contributed by atoms with Crippen LogP contribution in [0.2, 0.25) is 5.02 Å². The summed E-state index contributed by atoms with van der Waals surface area (Å²) in [5.74, 6) is 0.887. The predicted molar refractivity (Wildman–Crippen MR) is 85.3 cm³/mol. The van der Waals surface area contributed by atoms with Crippen molar-refractivity contribution in [2.75, 3.05) is 13.2 Å². The summed E-state index contributed by atoms with van der Waals surface area (Å²) in [5, 5.41) is 4.36.